The summed E-state index contributed by atoms with van der Waals surface area (Å²) in [5.74, 6) is 31.5. The van der Waals surface area contributed by atoms with Gasteiger partial charge in [-0.15, -0.1) is 0 Å². The number of hydrogen-bond donors (Lipinski definition) is 7. The van der Waals surface area contributed by atoms with Gasteiger partial charge < -0.3 is 44.6 Å². The van der Waals surface area contributed by atoms with E-state index in [9.17, 15) is 44.0 Å². The van der Waals surface area contributed by atoms with Gasteiger partial charge in [-0.1, -0.05) is 89.9 Å². The maximum Gasteiger partial charge on any atom is 0.472 e. The van der Waals surface area contributed by atoms with E-state index < -0.39 is 83.5 Å². The number of unbranched alkanes of at least 4 members (excludes halogenated alkanes) is 12. The minimum Gasteiger partial charge on any atom is -0.456 e. The largest absolute Gasteiger partial charge is 0.472 e. The lowest BCUT2D eigenvalue weighted by molar-refractivity contribution is -0.216. The summed E-state index contributed by atoms with van der Waals surface area (Å²) in [6.07, 6.45) is -1.12. The summed E-state index contributed by atoms with van der Waals surface area (Å²) in [4.78, 5) is 53.5. The normalized spacial score (nSPS) is 20.3. The Morgan fingerprint density at radius 3 is 1.50 bits per heavy atom. The highest BCUT2D eigenvalue weighted by Crippen LogP contribution is 2.49. The number of hydrogen-bond acceptors (Lipinski definition) is 13. The van der Waals surface area contributed by atoms with Crippen molar-refractivity contribution in [2.24, 2.45) is 0 Å². The Hall–Kier alpha value is -3.73. The highest BCUT2D eigenvalue weighted by atomic mass is 32.1. The Kier molecular flexibility index (Phi) is 30.9. The molecule has 4 unspecified atom stereocenters. The lowest BCUT2D eigenvalue weighted by Crippen LogP contribution is -2.64. The number of carbonyl (C=O) groups is 2. The molecule has 0 aromatic rings. The maximum atomic E-state index is 12.9. The number of aliphatic hydroxyl groups is 4. The molecule has 1 fully saturated rings. The van der Waals surface area contributed by atoms with Gasteiger partial charge in [-0.05, 0) is 84.4 Å². The Bertz CT molecular complexity index is 1940. The average molecular weight is 923 g/mol. The van der Waals surface area contributed by atoms with Crippen LogP contribution in [0.4, 0.5) is 0 Å². The Balaban J connectivity index is -0.000000207. The Labute approximate surface area is 378 Å². The van der Waals surface area contributed by atoms with E-state index in [0.29, 0.717) is 6.42 Å². The number of rotatable bonds is 24. The van der Waals surface area contributed by atoms with Crippen LogP contribution in [0.3, 0.4) is 0 Å². The highest BCUT2D eigenvalue weighted by Gasteiger charge is 2.54. The number of carbonyl (C=O) groups excluding carboxylic acids is 2. The van der Waals surface area contributed by atoms with Crippen LogP contribution in [0.2, 0.25) is 0 Å². The molecule has 60 heavy (non-hydrogen) atoms. The van der Waals surface area contributed by atoms with Crippen LogP contribution in [-0.2, 0) is 41.8 Å². The average Bonchev–Trinajstić information content (AvgIpc) is 3.18. The van der Waals surface area contributed by atoms with Gasteiger partial charge >= 0.3 is 27.6 Å². The van der Waals surface area contributed by atoms with Crippen LogP contribution in [0.25, 0.3) is 0 Å². The standard InChI is InChI=1S/C41H52O16P2.H2S.13H2/c1-3-5-7-9-11-13-15-17-19-21-23-25-27-29-34(42)53-31-33(55-35(43)30-28-26-24-22-20-18-16-14-12-10-8-6-4-2)32-54-59(51,52)57-41-38(46)36(44)37(45)40(39(41)47)56-58(48,49)50;;;;;;;;;;;;;;/h33,36-41,44-47H,4,6,8,10,12,14,16,18,20,22,24,26,28,30-32H2,1-2H3,(H,51,52)(H2,48,49,50);1H2;13*1H/t33-,36-,37+,38?,39+,40?,41?;;;;;;;;;;;;;;/m1............../s1. The smallest absolute Gasteiger partial charge is 0.456 e. The third-order valence-electron chi connectivity index (χ3n) is 8.14. The van der Waals surface area contributed by atoms with Crippen molar-refractivity contribution < 1.29 is 95.4 Å². The van der Waals surface area contributed by atoms with Gasteiger partial charge in [-0.3, -0.25) is 18.4 Å². The SMILES string of the molecule is CC#CC#CC#CC#CC#CC#CC#CC(=O)OC[C@H](COP(=O)(O)OC1C(O)[C@H](O)[C@H](O)C(OP(=O)(O)O)[C@@H]1O)OC(=O)CCCCCCCCCCCCCCC.S.[HH].[HH].[HH].[HH].[HH].[HH].[HH].[HH].[HH].[HH].[HH].[HH].[HH]. The highest BCUT2D eigenvalue weighted by molar-refractivity contribution is 7.59. The minimum absolute atomic E-state index is 0. The molecular weight excluding hydrogens is 842 g/mol. The Morgan fingerprint density at radius 2 is 1.03 bits per heavy atom. The molecule has 0 spiro atoms. The lowest BCUT2D eigenvalue weighted by Gasteiger charge is -2.43. The first-order chi connectivity index (χ1) is 28.1. The van der Waals surface area contributed by atoms with Crippen LogP contribution in [0.5, 0.6) is 0 Å². The monoisotopic (exact) mass is 922 g/mol. The fraction of sp³-hybridized carbons (Fsp3) is 0.610. The van der Waals surface area contributed by atoms with E-state index in [1.165, 1.54) is 44.9 Å². The first-order valence-corrected chi connectivity index (χ1v) is 22.0. The summed E-state index contributed by atoms with van der Waals surface area (Å²) < 4.78 is 48.5. The number of esters is 2. The third-order valence-corrected chi connectivity index (χ3v) is 9.65. The van der Waals surface area contributed by atoms with Crippen molar-refractivity contribution in [3.8, 4) is 82.9 Å². The van der Waals surface area contributed by atoms with Gasteiger partial charge in [0.1, 0.15) is 43.2 Å². The van der Waals surface area contributed by atoms with Gasteiger partial charge in [0, 0.05) is 30.9 Å². The molecule has 0 aromatic heterocycles. The molecule has 0 radical (unpaired) electrons. The molecule has 1 saturated carbocycles. The molecule has 19 heteroatoms. The first-order valence-electron chi connectivity index (χ1n) is 19.0. The summed E-state index contributed by atoms with van der Waals surface area (Å²) in [6.45, 7) is 2.15. The van der Waals surface area contributed by atoms with Crippen molar-refractivity contribution >= 4 is 41.1 Å². The zero-order valence-corrected chi connectivity index (χ0v) is 36.3. The topological polar surface area (TPSA) is 256 Å². The molecular formula is C41H80O16P2S. The van der Waals surface area contributed by atoms with Crippen LogP contribution in [-0.4, -0.2) is 103 Å². The number of ether oxygens (including phenoxy) is 2. The zero-order chi connectivity index (χ0) is 43.9. The van der Waals surface area contributed by atoms with Crippen LogP contribution >= 0.6 is 29.1 Å². The third kappa shape index (κ3) is 27.2. The quantitative estimate of drug-likeness (QED) is 0.0201. The molecule has 0 aromatic carbocycles. The summed E-state index contributed by atoms with van der Waals surface area (Å²) in [7, 11) is -10.8. The molecule has 1 aliphatic rings. The van der Waals surface area contributed by atoms with Crippen molar-refractivity contribution in [2.75, 3.05) is 13.2 Å². The van der Waals surface area contributed by atoms with E-state index >= 15 is 0 Å². The van der Waals surface area contributed by atoms with E-state index in [1.807, 2.05) is 0 Å². The second-order valence-electron chi connectivity index (χ2n) is 12.9. The molecule has 356 valence electrons. The number of phosphoric acid groups is 2. The summed E-state index contributed by atoms with van der Waals surface area (Å²) >= 11 is 0. The minimum atomic E-state index is -5.39. The molecule has 0 saturated heterocycles. The van der Waals surface area contributed by atoms with Gasteiger partial charge in [0.15, 0.2) is 6.10 Å². The predicted octanol–water partition coefficient (Wildman–Crippen LogP) is 5.71. The van der Waals surface area contributed by atoms with Crippen molar-refractivity contribution in [3.63, 3.8) is 0 Å². The van der Waals surface area contributed by atoms with Crippen LogP contribution in [0.15, 0.2) is 0 Å². The van der Waals surface area contributed by atoms with Crippen LogP contribution < -0.4 is 0 Å². The molecule has 0 bridgehead atoms. The van der Waals surface area contributed by atoms with Gasteiger partial charge in [0.25, 0.3) is 0 Å². The molecule has 1 rings (SSSR count). The number of aliphatic hydroxyl groups excluding tert-OH is 4. The molecule has 0 aliphatic heterocycles. The van der Waals surface area contributed by atoms with E-state index in [1.54, 1.807) is 6.92 Å². The van der Waals surface area contributed by atoms with Crippen molar-refractivity contribution in [1.82, 2.24) is 0 Å². The zero-order valence-electron chi connectivity index (χ0n) is 33.6. The fourth-order valence-corrected chi connectivity index (χ4v) is 6.80. The van der Waals surface area contributed by atoms with Crippen LogP contribution in [0.1, 0.15) is 122 Å². The van der Waals surface area contributed by atoms with E-state index in [0.717, 1.165) is 32.1 Å². The fourth-order valence-electron chi connectivity index (χ4n) is 5.26. The molecule has 1 aliphatic carbocycles. The molecule has 7 N–H and O–H groups in total. The maximum absolute atomic E-state index is 12.9. The number of phosphoric ester groups is 2. The molecule has 0 amide bonds. The summed E-state index contributed by atoms with van der Waals surface area (Å²) in [6, 6.07) is 0. The summed E-state index contributed by atoms with van der Waals surface area (Å²) in [5.41, 5.74) is 0. The van der Waals surface area contributed by atoms with Crippen molar-refractivity contribution in [2.45, 2.75) is 146 Å². The van der Waals surface area contributed by atoms with Crippen LogP contribution in [0, 0.1) is 82.9 Å². The van der Waals surface area contributed by atoms with Gasteiger partial charge in [-0.2, -0.15) is 13.5 Å². The van der Waals surface area contributed by atoms with E-state index in [2.05, 4.69) is 94.3 Å². The van der Waals surface area contributed by atoms with Gasteiger partial charge in [0.05, 0.1) is 6.61 Å². The van der Waals surface area contributed by atoms with Crippen molar-refractivity contribution in [3.05, 3.63) is 0 Å². The second-order valence-corrected chi connectivity index (χ2v) is 15.5. The Morgan fingerprint density at radius 1 is 0.600 bits per heavy atom. The second kappa shape index (κ2) is 33.0. The summed E-state index contributed by atoms with van der Waals surface area (Å²) in [5, 5.41) is 41.0. The van der Waals surface area contributed by atoms with Gasteiger partial charge in [0.2, 0.25) is 0 Å². The molecule has 0 heterocycles. The van der Waals surface area contributed by atoms with Crippen molar-refractivity contribution in [1.29, 1.82) is 0 Å². The lowest BCUT2D eigenvalue weighted by atomic mass is 9.85. The predicted molar refractivity (Wildman–Crippen MR) is 251 cm³/mol. The van der Waals surface area contributed by atoms with Gasteiger partial charge in [-0.25, -0.2) is 13.9 Å². The van der Waals surface area contributed by atoms with E-state index in [4.69, 9.17) is 28.3 Å². The first kappa shape index (κ1) is 56.3. The molecule has 8 atom stereocenters. The van der Waals surface area contributed by atoms with E-state index in [-0.39, 0.29) is 38.5 Å². The molecule has 16 nitrogen and oxygen atoms in total.